The summed E-state index contributed by atoms with van der Waals surface area (Å²) in [6.45, 7) is 2.59. The van der Waals surface area contributed by atoms with Crippen molar-refractivity contribution in [2.24, 2.45) is 0 Å². The monoisotopic (exact) mass is 290 g/mol. The normalized spacial score (nSPS) is 11.0. The van der Waals surface area contributed by atoms with Crippen LogP contribution >= 0.6 is 0 Å². The number of hydrogen-bond donors (Lipinski definition) is 1. The van der Waals surface area contributed by atoms with Gasteiger partial charge in [0.25, 0.3) is 0 Å². The van der Waals surface area contributed by atoms with Crippen LogP contribution in [0.1, 0.15) is 12.3 Å². The van der Waals surface area contributed by atoms with E-state index in [2.05, 4.69) is 34.5 Å². The average Bonchev–Trinajstić information content (AvgIpc) is 2.95. The Balaban J connectivity index is 1.83. The molecule has 6 nitrogen and oxygen atoms in total. The molecule has 0 amide bonds. The molecule has 6 heteroatoms. The highest BCUT2D eigenvalue weighted by molar-refractivity contribution is 5.53. The van der Waals surface area contributed by atoms with Gasteiger partial charge in [-0.1, -0.05) is 0 Å². The first kappa shape index (κ1) is 15.5. The minimum Gasteiger partial charge on any atom is -0.497 e. The third kappa shape index (κ3) is 4.84. The first-order valence-electron chi connectivity index (χ1n) is 7.01. The second-order valence-electron chi connectivity index (χ2n) is 5.06. The van der Waals surface area contributed by atoms with Gasteiger partial charge in [-0.2, -0.15) is 0 Å². The molecule has 2 aromatic rings. The fraction of sp³-hybridized carbons (Fsp3) is 0.467. The summed E-state index contributed by atoms with van der Waals surface area (Å²) in [4.78, 5) is 2.16. The van der Waals surface area contributed by atoms with Gasteiger partial charge in [0.15, 0.2) is 0 Å². The summed E-state index contributed by atoms with van der Waals surface area (Å²) in [6.07, 6.45) is 1.09. The Kier molecular flexibility index (Phi) is 5.71. The van der Waals surface area contributed by atoms with E-state index in [1.54, 1.807) is 7.11 Å². The van der Waals surface area contributed by atoms with E-state index in [0.717, 1.165) is 30.8 Å². The molecule has 0 aliphatic heterocycles. The molecule has 0 aliphatic rings. The summed E-state index contributed by atoms with van der Waals surface area (Å²) in [5.74, 6) is 1.94. The van der Waals surface area contributed by atoms with Crippen molar-refractivity contribution in [1.82, 2.24) is 20.4 Å². The Labute approximate surface area is 125 Å². The fourth-order valence-corrected chi connectivity index (χ4v) is 1.89. The van der Waals surface area contributed by atoms with Crippen molar-refractivity contribution < 1.29 is 9.15 Å². The van der Waals surface area contributed by atoms with Crippen molar-refractivity contribution in [2.45, 2.75) is 13.0 Å². The molecule has 1 N–H and O–H groups in total. The van der Waals surface area contributed by atoms with Crippen LogP contribution < -0.4 is 10.1 Å². The van der Waals surface area contributed by atoms with Crippen LogP contribution in [-0.4, -0.2) is 49.4 Å². The molecule has 1 heterocycles. The van der Waals surface area contributed by atoms with Crippen LogP contribution in [0.4, 0.5) is 0 Å². The Morgan fingerprint density at radius 3 is 2.62 bits per heavy atom. The Morgan fingerprint density at radius 1 is 1.19 bits per heavy atom. The van der Waals surface area contributed by atoms with Crippen molar-refractivity contribution in [2.75, 3.05) is 34.3 Å². The van der Waals surface area contributed by atoms with Crippen molar-refractivity contribution in [1.29, 1.82) is 0 Å². The summed E-state index contributed by atoms with van der Waals surface area (Å²) in [5, 5.41) is 11.4. The molecule has 0 spiro atoms. The van der Waals surface area contributed by atoms with Crippen LogP contribution in [0.25, 0.3) is 11.5 Å². The first-order valence-corrected chi connectivity index (χ1v) is 7.01. The molecule has 0 aliphatic carbocycles. The number of benzene rings is 1. The topological polar surface area (TPSA) is 63.4 Å². The van der Waals surface area contributed by atoms with E-state index in [0.29, 0.717) is 18.3 Å². The summed E-state index contributed by atoms with van der Waals surface area (Å²) < 4.78 is 10.8. The van der Waals surface area contributed by atoms with Crippen molar-refractivity contribution in [3.63, 3.8) is 0 Å². The lowest BCUT2D eigenvalue weighted by molar-refractivity contribution is 0.390. The van der Waals surface area contributed by atoms with Gasteiger partial charge in [0.2, 0.25) is 11.8 Å². The summed E-state index contributed by atoms with van der Waals surface area (Å²) in [6, 6.07) is 7.55. The highest BCUT2D eigenvalue weighted by Crippen LogP contribution is 2.20. The van der Waals surface area contributed by atoms with Crippen molar-refractivity contribution in [3.05, 3.63) is 30.2 Å². The maximum absolute atomic E-state index is 5.63. The van der Waals surface area contributed by atoms with Crippen LogP contribution in [0.5, 0.6) is 5.75 Å². The third-order valence-electron chi connectivity index (χ3n) is 3.04. The number of nitrogens with zero attached hydrogens (tertiary/aromatic N) is 3. The van der Waals surface area contributed by atoms with Crippen LogP contribution in [0.2, 0.25) is 0 Å². The Morgan fingerprint density at radius 2 is 1.95 bits per heavy atom. The molecular weight excluding hydrogens is 268 g/mol. The molecule has 1 aromatic heterocycles. The number of ether oxygens (including phenoxy) is 1. The number of aromatic nitrogens is 2. The minimum atomic E-state index is 0.530. The van der Waals surface area contributed by atoms with Gasteiger partial charge in [0.05, 0.1) is 13.7 Å². The van der Waals surface area contributed by atoms with Gasteiger partial charge in [-0.15, -0.1) is 10.2 Å². The largest absolute Gasteiger partial charge is 0.497 e. The van der Waals surface area contributed by atoms with E-state index in [9.17, 15) is 0 Å². The quantitative estimate of drug-likeness (QED) is 0.748. The minimum absolute atomic E-state index is 0.530. The predicted molar refractivity (Wildman–Crippen MR) is 81.2 cm³/mol. The maximum atomic E-state index is 5.63. The molecule has 114 valence electrons. The standard InChI is InChI=1S/C15H22N4O2/c1-19(2)10-4-9-16-11-14-17-18-15(21-14)12-5-7-13(20-3)8-6-12/h5-8,16H,4,9-11H2,1-3H3. The van der Waals surface area contributed by atoms with Crippen LogP contribution in [0, 0.1) is 0 Å². The summed E-state index contributed by atoms with van der Waals surface area (Å²) in [5.41, 5.74) is 0.891. The molecule has 0 bridgehead atoms. The fourth-order valence-electron chi connectivity index (χ4n) is 1.89. The molecular formula is C15H22N4O2. The molecule has 2 rings (SSSR count). The zero-order chi connectivity index (χ0) is 15.1. The molecule has 21 heavy (non-hydrogen) atoms. The zero-order valence-electron chi connectivity index (χ0n) is 12.8. The lowest BCUT2D eigenvalue weighted by Crippen LogP contribution is -2.21. The second-order valence-corrected chi connectivity index (χ2v) is 5.06. The van der Waals surface area contributed by atoms with E-state index in [-0.39, 0.29) is 0 Å². The third-order valence-corrected chi connectivity index (χ3v) is 3.04. The summed E-state index contributed by atoms with van der Waals surface area (Å²) in [7, 11) is 5.78. The molecule has 0 saturated heterocycles. The van der Waals surface area contributed by atoms with E-state index in [1.807, 2.05) is 24.3 Å². The van der Waals surface area contributed by atoms with Crippen molar-refractivity contribution in [3.8, 4) is 17.2 Å². The van der Waals surface area contributed by atoms with Gasteiger partial charge in [-0.3, -0.25) is 0 Å². The predicted octanol–water partition coefficient (Wildman–Crippen LogP) is 1.79. The van der Waals surface area contributed by atoms with Gasteiger partial charge >= 0.3 is 0 Å². The summed E-state index contributed by atoms with van der Waals surface area (Å²) >= 11 is 0. The molecule has 0 fully saturated rings. The zero-order valence-corrected chi connectivity index (χ0v) is 12.8. The van der Waals surface area contributed by atoms with E-state index in [4.69, 9.17) is 9.15 Å². The van der Waals surface area contributed by atoms with Gasteiger partial charge in [0.1, 0.15) is 5.75 Å². The highest BCUT2D eigenvalue weighted by atomic mass is 16.5. The number of nitrogens with one attached hydrogen (secondary N) is 1. The molecule has 0 saturated carbocycles. The van der Waals surface area contributed by atoms with Gasteiger partial charge in [0, 0.05) is 5.56 Å². The van der Waals surface area contributed by atoms with Crippen LogP contribution in [-0.2, 0) is 6.54 Å². The van der Waals surface area contributed by atoms with Gasteiger partial charge in [-0.05, 0) is 57.9 Å². The second kappa shape index (κ2) is 7.75. The van der Waals surface area contributed by atoms with Gasteiger partial charge in [-0.25, -0.2) is 0 Å². The number of rotatable bonds is 8. The number of methoxy groups -OCH3 is 1. The number of hydrogen-bond acceptors (Lipinski definition) is 6. The van der Waals surface area contributed by atoms with Crippen LogP contribution in [0.15, 0.2) is 28.7 Å². The van der Waals surface area contributed by atoms with Gasteiger partial charge < -0.3 is 19.4 Å². The lowest BCUT2D eigenvalue weighted by atomic mass is 10.2. The maximum Gasteiger partial charge on any atom is 0.247 e. The van der Waals surface area contributed by atoms with Crippen LogP contribution in [0.3, 0.4) is 0 Å². The SMILES string of the molecule is COc1ccc(-c2nnc(CNCCCN(C)C)o2)cc1. The first-order chi connectivity index (χ1) is 10.2. The van der Waals surface area contributed by atoms with E-state index >= 15 is 0 Å². The Hall–Kier alpha value is -1.92. The molecule has 0 atom stereocenters. The van der Waals surface area contributed by atoms with E-state index in [1.165, 1.54) is 0 Å². The highest BCUT2D eigenvalue weighted by Gasteiger charge is 2.08. The van der Waals surface area contributed by atoms with Crippen molar-refractivity contribution >= 4 is 0 Å². The molecule has 0 radical (unpaired) electrons. The Bertz CT molecular complexity index is 537. The van der Waals surface area contributed by atoms with E-state index < -0.39 is 0 Å². The average molecular weight is 290 g/mol. The molecule has 1 aromatic carbocycles. The smallest absolute Gasteiger partial charge is 0.247 e. The molecule has 0 unspecified atom stereocenters. The lowest BCUT2D eigenvalue weighted by Gasteiger charge is -2.08.